The lowest BCUT2D eigenvalue weighted by Gasteiger charge is -2.22. The molecular formula is C11H22N2O5. The number of nitrogens with one attached hydrogen (secondary N) is 2. The Labute approximate surface area is 107 Å². The van der Waals surface area contributed by atoms with E-state index in [2.05, 4.69) is 10.6 Å². The molecule has 0 aliphatic rings. The molecule has 0 bridgehead atoms. The highest BCUT2D eigenvalue weighted by Gasteiger charge is 2.19. The lowest BCUT2D eigenvalue weighted by Crippen LogP contribution is -2.49. The van der Waals surface area contributed by atoms with Gasteiger partial charge in [-0.15, -0.1) is 0 Å². The number of hydrogen-bond donors (Lipinski definition) is 3. The van der Waals surface area contributed by atoms with Gasteiger partial charge < -0.3 is 25.2 Å². The van der Waals surface area contributed by atoms with Crippen LogP contribution in [0.15, 0.2) is 0 Å². The van der Waals surface area contributed by atoms with E-state index in [9.17, 15) is 9.59 Å². The summed E-state index contributed by atoms with van der Waals surface area (Å²) in [4.78, 5) is 22.2. The number of methoxy groups -OCH3 is 2. The summed E-state index contributed by atoms with van der Waals surface area (Å²) in [5.74, 6) is -0.900. The van der Waals surface area contributed by atoms with Crippen LogP contribution >= 0.6 is 0 Å². The second-order valence-electron chi connectivity index (χ2n) is 4.22. The summed E-state index contributed by atoms with van der Waals surface area (Å²) in [5.41, 5.74) is 0. The van der Waals surface area contributed by atoms with E-state index in [1.165, 1.54) is 7.11 Å². The Hall–Kier alpha value is -1.34. The fourth-order valence-corrected chi connectivity index (χ4v) is 1.26. The zero-order valence-electron chi connectivity index (χ0n) is 11.2. The van der Waals surface area contributed by atoms with Crippen LogP contribution in [0.5, 0.6) is 0 Å². The number of urea groups is 1. The number of carbonyl (C=O) groups is 2. The van der Waals surface area contributed by atoms with Gasteiger partial charge in [-0.25, -0.2) is 9.59 Å². The molecule has 2 amide bonds. The Morgan fingerprint density at radius 3 is 2.28 bits per heavy atom. The largest absolute Gasteiger partial charge is 0.479 e. The highest BCUT2D eigenvalue weighted by Crippen LogP contribution is 2.01. The van der Waals surface area contributed by atoms with Gasteiger partial charge in [0.1, 0.15) is 0 Å². The van der Waals surface area contributed by atoms with Crippen molar-refractivity contribution in [3.8, 4) is 0 Å². The molecule has 3 N–H and O–H groups in total. The van der Waals surface area contributed by atoms with Gasteiger partial charge in [-0.1, -0.05) is 13.8 Å². The summed E-state index contributed by atoms with van der Waals surface area (Å²) in [5, 5.41) is 13.9. The maximum Gasteiger partial charge on any atom is 0.334 e. The van der Waals surface area contributed by atoms with Crippen molar-refractivity contribution in [2.45, 2.75) is 26.0 Å². The number of hydrogen-bond acceptors (Lipinski definition) is 4. The van der Waals surface area contributed by atoms with E-state index in [4.69, 9.17) is 14.6 Å². The third-order valence-corrected chi connectivity index (χ3v) is 2.48. The number of carboxylic acid groups (broad SMARTS) is 1. The van der Waals surface area contributed by atoms with Crippen LogP contribution < -0.4 is 10.6 Å². The second-order valence-corrected chi connectivity index (χ2v) is 4.22. The molecule has 0 fully saturated rings. The standard InChI is InChI=1S/C11H22N2O5/c1-7(2)8(6-17-3)13-11(16)12-5-9(18-4)10(14)15/h7-9H,5-6H2,1-4H3,(H,14,15)(H2,12,13,16). The highest BCUT2D eigenvalue weighted by molar-refractivity contribution is 5.77. The SMILES string of the molecule is COCC(NC(=O)NCC(OC)C(=O)O)C(C)C. The Kier molecular flexibility index (Phi) is 8.06. The number of aliphatic carboxylic acids is 1. The van der Waals surface area contributed by atoms with Crippen LogP contribution in [-0.2, 0) is 14.3 Å². The third kappa shape index (κ3) is 6.41. The molecule has 18 heavy (non-hydrogen) atoms. The molecule has 0 rings (SSSR count). The first kappa shape index (κ1) is 16.7. The quantitative estimate of drug-likeness (QED) is 0.574. The number of carboxylic acids is 1. The van der Waals surface area contributed by atoms with Gasteiger partial charge in [0, 0.05) is 14.2 Å². The van der Waals surface area contributed by atoms with Gasteiger partial charge in [0.05, 0.1) is 19.2 Å². The summed E-state index contributed by atoms with van der Waals surface area (Å²) < 4.78 is 9.69. The van der Waals surface area contributed by atoms with E-state index in [1.807, 2.05) is 13.8 Å². The fourth-order valence-electron chi connectivity index (χ4n) is 1.26. The smallest absolute Gasteiger partial charge is 0.334 e. The van der Waals surface area contributed by atoms with Gasteiger partial charge in [0.2, 0.25) is 0 Å². The van der Waals surface area contributed by atoms with Crippen LogP contribution in [0, 0.1) is 5.92 Å². The summed E-state index contributed by atoms with van der Waals surface area (Å²) in [7, 11) is 2.83. The van der Waals surface area contributed by atoms with Gasteiger partial charge >= 0.3 is 12.0 Å². The lowest BCUT2D eigenvalue weighted by molar-refractivity contribution is -0.147. The van der Waals surface area contributed by atoms with E-state index in [-0.39, 0.29) is 18.5 Å². The predicted octanol–water partition coefficient (Wildman–Crippen LogP) is 0.0562. The van der Waals surface area contributed by atoms with Crippen molar-refractivity contribution < 1.29 is 24.2 Å². The van der Waals surface area contributed by atoms with Crippen molar-refractivity contribution in [2.24, 2.45) is 5.92 Å². The predicted molar refractivity (Wildman–Crippen MR) is 65.5 cm³/mol. The number of rotatable bonds is 8. The van der Waals surface area contributed by atoms with Crippen LogP contribution in [0.25, 0.3) is 0 Å². The van der Waals surface area contributed by atoms with Crippen LogP contribution in [-0.4, -0.2) is 56.6 Å². The van der Waals surface area contributed by atoms with Crippen molar-refractivity contribution in [3.05, 3.63) is 0 Å². The van der Waals surface area contributed by atoms with Crippen molar-refractivity contribution in [1.82, 2.24) is 10.6 Å². The summed E-state index contributed by atoms with van der Waals surface area (Å²) >= 11 is 0. The Balaban J connectivity index is 4.12. The zero-order chi connectivity index (χ0) is 14.1. The van der Waals surface area contributed by atoms with Crippen LogP contribution in [0.2, 0.25) is 0 Å². The zero-order valence-corrected chi connectivity index (χ0v) is 11.2. The summed E-state index contributed by atoms with van der Waals surface area (Å²) in [6.07, 6.45) is -1.05. The van der Waals surface area contributed by atoms with Crippen molar-refractivity contribution in [1.29, 1.82) is 0 Å². The number of carbonyl (C=O) groups excluding carboxylic acids is 1. The van der Waals surface area contributed by atoms with E-state index < -0.39 is 18.1 Å². The Bertz CT molecular complexity index is 270. The average molecular weight is 262 g/mol. The first-order valence-corrected chi connectivity index (χ1v) is 5.71. The third-order valence-electron chi connectivity index (χ3n) is 2.48. The molecule has 2 unspecified atom stereocenters. The molecule has 0 aromatic heterocycles. The van der Waals surface area contributed by atoms with Crippen molar-refractivity contribution >= 4 is 12.0 Å². The molecule has 106 valence electrons. The van der Waals surface area contributed by atoms with E-state index in [0.29, 0.717) is 6.61 Å². The maximum absolute atomic E-state index is 11.5. The van der Waals surface area contributed by atoms with Gasteiger partial charge in [0.15, 0.2) is 6.10 Å². The minimum Gasteiger partial charge on any atom is -0.479 e. The second kappa shape index (κ2) is 8.71. The van der Waals surface area contributed by atoms with E-state index >= 15 is 0 Å². The molecule has 0 aromatic carbocycles. The van der Waals surface area contributed by atoms with E-state index in [0.717, 1.165) is 0 Å². The topological polar surface area (TPSA) is 96.9 Å². The first-order chi connectivity index (χ1) is 8.42. The molecule has 7 heteroatoms. The molecule has 0 radical (unpaired) electrons. The number of ether oxygens (including phenoxy) is 2. The molecular weight excluding hydrogens is 240 g/mol. The Morgan fingerprint density at radius 2 is 1.89 bits per heavy atom. The van der Waals surface area contributed by atoms with Crippen LogP contribution in [0.4, 0.5) is 4.79 Å². The molecule has 2 atom stereocenters. The Morgan fingerprint density at radius 1 is 1.28 bits per heavy atom. The highest BCUT2D eigenvalue weighted by atomic mass is 16.5. The summed E-state index contributed by atoms with van der Waals surface area (Å²) in [6.45, 7) is 4.23. The molecule has 0 saturated heterocycles. The van der Waals surface area contributed by atoms with Gasteiger partial charge in [-0.05, 0) is 5.92 Å². The molecule has 0 saturated carbocycles. The molecule has 7 nitrogen and oxygen atoms in total. The first-order valence-electron chi connectivity index (χ1n) is 5.71. The monoisotopic (exact) mass is 262 g/mol. The summed E-state index contributed by atoms with van der Waals surface area (Å²) in [6, 6.07) is -0.560. The number of amides is 2. The maximum atomic E-state index is 11.5. The van der Waals surface area contributed by atoms with Crippen LogP contribution in [0.3, 0.4) is 0 Å². The molecule has 0 aliphatic carbocycles. The normalized spacial score (nSPS) is 14.1. The molecule has 0 aliphatic heterocycles. The van der Waals surface area contributed by atoms with Gasteiger partial charge in [-0.2, -0.15) is 0 Å². The van der Waals surface area contributed by atoms with E-state index in [1.54, 1.807) is 7.11 Å². The molecule has 0 aromatic rings. The van der Waals surface area contributed by atoms with Crippen molar-refractivity contribution in [2.75, 3.05) is 27.4 Å². The fraction of sp³-hybridized carbons (Fsp3) is 0.818. The van der Waals surface area contributed by atoms with Gasteiger partial charge in [0.25, 0.3) is 0 Å². The van der Waals surface area contributed by atoms with Crippen LogP contribution in [0.1, 0.15) is 13.8 Å². The molecule has 0 spiro atoms. The molecule has 0 heterocycles. The minimum atomic E-state index is -1.12. The van der Waals surface area contributed by atoms with Gasteiger partial charge in [-0.3, -0.25) is 0 Å². The minimum absolute atomic E-state index is 0.0878. The van der Waals surface area contributed by atoms with Crippen molar-refractivity contribution in [3.63, 3.8) is 0 Å². The average Bonchev–Trinajstić information content (AvgIpc) is 2.28. The lowest BCUT2D eigenvalue weighted by atomic mass is 10.1.